The number of rotatable bonds is 3. The quantitative estimate of drug-likeness (QED) is 0.665. The maximum Gasteiger partial charge on any atom is 0.234 e. The summed E-state index contributed by atoms with van der Waals surface area (Å²) in [5.74, 6) is 1.30. The standard InChI is InChI=1S/C8H11N3O/c1-6-8(12-2)11-7(10-6)4-3-5-9/h3-5,9H,1-2H3,(H,10,11)/b4-3-,9-5?. The molecule has 1 aromatic rings. The highest BCUT2D eigenvalue weighted by atomic mass is 16.5. The van der Waals surface area contributed by atoms with Crippen LogP contribution >= 0.6 is 0 Å². The predicted octanol–water partition coefficient (Wildman–Crippen LogP) is 1.39. The third kappa shape index (κ3) is 1.72. The largest absolute Gasteiger partial charge is 0.480 e. The fourth-order valence-corrected chi connectivity index (χ4v) is 0.884. The molecule has 0 atom stereocenters. The van der Waals surface area contributed by atoms with Crippen molar-refractivity contribution in [3.05, 3.63) is 17.6 Å². The molecule has 0 aliphatic rings. The summed E-state index contributed by atoms with van der Waals surface area (Å²) in [7, 11) is 1.58. The molecule has 0 unspecified atom stereocenters. The first-order valence-corrected chi connectivity index (χ1v) is 3.55. The zero-order chi connectivity index (χ0) is 8.97. The molecule has 2 N–H and O–H groups in total. The molecule has 0 aliphatic heterocycles. The number of nitrogens with one attached hydrogen (secondary N) is 2. The van der Waals surface area contributed by atoms with E-state index in [0.717, 1.165) is 5.69 Å². The second-order valence-corrected chi connectivity index (χ2v) is 2.28. The highest BCUT2D eigenvalue weighted by Crippen LogP contribution is 2.13. The van der Waals surface area contributed by atoms with Crippen LogP contribution in [-0.4, -0.2) is 23.3 Å². The van der Waals surface area contributed by atoms with E-state index in [0.29, 0.717) is 11.7 Å². The Kier molecular flexibility index (Phi) is 2.63. The predicted molar refractivity (Wildman–Crippen MR) is 47.7 cm³/mol. The lowest BCUT2D eigenvalue weighted by Crippen LogP contribution is -1.83. The minimum Gasteiger partial charge on any atom is -0.480 e. The Balaban J connectivity index is 2.88. The van der Waals surface area contributed by atoms with Gasteiger partial charge in [-0.25, -0.2) is 0 Å². The molecule has 1 rings (SSSR count). The van der Waals surface area contributed by atoms with Crippen LogP contribution < -0.4 is 4.74 Å². The Bertz CT molecular complexity index is 301. The number of hydrogen-bond donors (Lipinski definition) is 2. The third-order valence-corrected chi connectivity index (χ3v) is 1.40. The summed E-state index contributed by atoms with van der Waals surface area (Å²) >= 11 is 0. The lowest BCUT2D eigenvalue weighted by molar-refractivity contribution is 0.397. The van der Waals surface area contributed by atoms with Crippen molar-refractivity contribution in [2.24, 2.45) is 0 Å². The van der Waals surface area contributed by atoms with Gasteiger partial charge in [0.1, 0.15) is 5.82 Å². The number of aromatic nitrogens is 2. The van der Waals surface area contributed by atoms with Gasteiger partial charge in [-0.1, -0.05) is 0 Å². The number of nitrogens with zero attached hydrogens (tertiary/aromatic N) is 1. The van der Waals surface area contributed by atoms with Gasteiger partial charge in [0.05, 0.1) is 12.8 Å². The molecule has 12 heavy (non-hydrogen) atoms. The van der Waals surface area contributed by atoms with Gasteiger partial charge in [0, 0.05) is 6.21 Å². The molecule has 0 fully saturated rings. The Labute approximate surface area is 70.8 Å². The third-order valence-electron chi connectivity index (χ3n) is 1.40. The van der Waals surface area contributed by atoms with Gasteiger partial charge in [0.25, 0.3) is 0 Å². The zero-order valence-electron chi connectivity index (χ0n) is 7.09. The van der Waals surface area contributed by atoms with Crippen LogP contribution in [0.2, 0.25) is 0 Å². The molecule has 0 amide bonds. The molecule has 1 aromatic heterocycles. The summed E-state index contributed by atoms with van der Waals surface area (Å²) < 4.78 is 4.97. The Morgan fingerprint density at radius 3 is 2.83 bits per heavy atom. The van der Waals surface area contributed by atoms with Gasteiger partial charge in [0.2, 0.25) is 5.88 Å². The minimum absolute atomic E-state index is 0.597. The van der Waals surface area contributed by atoms with Gasteiger partial charge in [-0.3, -0.25) is 0 Å². The maximum atomic E-state index is 6.77. The van der Waals surface area contributed by atoms with E-state index in [1.165, 1.54) is 6.21 Å². The number of methoxy groups -OCH3 is 1. The molecule has 64 valence electrons. The molecular weight excluding hydrogens is 154 g/mol. The summed E-state index contributed by atoms with van der Waals surface area (Å²) in [5.41, 5.74) is 0.891. The first-order valence-electron chi connectivity index (χ1n) is 3.55. The second kappa shape index (κ2) is 3.71. The highest BCUT2D eigenvalue weighted by molar-refractivity contribution is 5.74. The van der Waals surface area contributed by atoms with Gasteiger partial charge in [-0.15, -0.1) is 0 Å². The summed E-state index contributed by atoms with van der Waals surface area (Å²) in [6.07, 6.45) is 4.50. The average Bonchev–Trinajstić information content (AvgIpc) is 2.43. The Morgan fingerprint density at radius 1 is 1.58 bits per heavy atom. The van der Waals surface area contributed by atoms with Crippen LogP contribution in [0, 0.1) is 12.3 Å². The van der Waals surface area contributed by atoms with E-state index in [9.17, 15) is 0 Å². The topological polar surface area (TPSA) is 61.8 Å². The molecule has 4 heteroatoms. The molecule has 0 radical (unpaired) electrons. The molecule has 1 heterocycles. The van der Waals surface area contributed by atoms with Crippen molar-refractivity contribution in [3.63, 3.8) is 0 Å². The van der Waals surface area contributed by atoms with Gasteiger partial charge < -0.3 is 15.1 Å². The van der Waals surface area contributed by atoms with E-state index in [2.05, 4.69) is 9.97 Å². The molecule has 0 spiro atoms. The molecule has 0 bridgehead atoms. The molecular formula is C8H11N3O. The van der Waals surface area contributed by atoms with Gasteiger partial charge in [-0.05, 0) is 19.1 Å². The van der Waals surface area contributed by atoms with Crippen molar-refractivity contribution in [2.75, 3.05) is 7.11 Å². The fourth-order valence-electron chi connectivity index (χ4n) is 0.884. The summed E-state index contributed by atoms with van der Waals surface area (Å²) in [4.78, 5) is 7.10. The van der Waals surface area contributed by atoms with Crippen LogP contribution in [0.25, 0.3) is 6.08 Å². The summed E-state index contributed by atoms with van der Waals surface area (Å²) in [5, 5.41) is 6.77. The van der Waals surface area contributed by atoms with E-state index in [4.69, 9.17) is 10.1 Å². The van der Waals surface area contributed by atoms with Crippen LogP contribution in [-0.2, 0) is 0 Å². The minimum atomic E-state index is 0.597. The lowest BCUT2D eigenvalue weighted by atomic mass is 10.5. The number of imidazole rings is 1. The van der Waals surface area contributed by atoms with Gasteiger partial charge in [-0.2, -0.15) is 4.98 Å². The number of ether oxygens (including phenoxy) is 1. The number of aryl methyl sites for hydroxylation is 1. The highest BCUT2D eigenvalue weighted by Gasteiger charge is 2.02. The Morgan fingerprint density at radius 2 is 2.33 bits per heavy atom. The van der Waals surface area contributed by atoms with Crippen molar-refractivity contribution in [3.8, 4) is 5.88 Å². The summed E-state index contributed by atoms with van der Waals surface area (Å²) in [6, 6.07) is 0. The summed E-state index contributed by atoms with van der Waals surface area (Å²) in [6.45, 7) is 1.88. The average molecular weight is 165 g/mol. The van der Waals surface area contributed by atoms with Crippen molar-refractivity contribution < 1.29 is 4.74 Å². The normalized spacial score (nSPS) is 10.5. The number of H-pyrrole nitrogens is 1. The molecule has 0 saturated heterocycles. The van der Waals surface area contributed by atoms with E-state index in [1.54, 1.807) is 19.3 Å². The van der Waals surface area contributed by atoms with E-state index in [-0.39, 0.29) is 0 Å². The van der Waals surface area contributed by atoms with Crippen molar-refractivity contribution in [1.82, 2.24) is 9.97 Å². The zero-order valence-corrected chi connectivity index (χ0v) is 7.09. The molecule has 0 saturated carbocycles. The van der Waals surface area contributed by atoms with E-state index in [1.807, 2.05) is 6.92 Å². The van der Waals surface area contributed by atoms with Gasteiger partial charge in [0.15, 0.2) is 0 Å². The first kappa shape index (κ1) is 8.52. The van der Waals surface area contributed by atoms with Crippen LogP contribution in [0.3, 0.4) is 0 Å². The molecule has 0 aromatic carbocycles. The second-order valence-electron chi connectivity index (χ2n) is 2.28. The molecule has 0 aliphatic carbocycles. The molecule has 4 nitrogen and oxygen atoms in total. The lowest BCUT2D eigenvalue weighted by Gasteiger charge is -1.90. The van der Waals surface area contributed by atoms with Crippen LogP contribution in [0.4, 0.5) is 0 Å². The van der Waals surface area contributed by atoms with Crippen molar-refractivity contribution >= 4 is 12.3 Å². The van der Waals surface area contributed by atoms with Crippen LogP contribution in [0.5, 0.6) is 5.88 Å². The SMILES string of the molecule is COc1nc(/C=C\C=N)[nH]c1C. The van der Waals surface area contributed by atoms with E-state index >= 15 is 0 Å². The number of hydrogen-bond acceptors (Lipinski definition) is 3. The monoisotopic (exact) mass is 165 g/mol. The first-order chi connectivity index (χ1) is 5.77. The van der Waals surface area contributed by atoms with Gasteiger partial charge >= 0.3 is 0 Å². The fraction of sp³-hybridized carbons (Fsp3) is 0.250. The maximum absolute atomic E-state index is 6.77. The Hall–Kier alpha value is -1.58. The van der Waals surface area contributed by atoms with E-state index < -0.39 is 0 Å². The van der Waals surface area contributed by atoms with Crippen molar-refractivity contribution in [2.45, 2.75) is 6.92 Å². The van der Waals surface area contributed by atoms with Crippen LogP contribution in [0.1, 0.15) is 11.5 Å². The number of allylic oxidation sites excluding steroid dienone is 1. The smallest absolute Gasteiger partial charge is 0.234 e. The number of aromatic amines is 1. The van der Waals surface area contributed by atoms with Crippen molar-refractivity contribution in [1.29, 1.82) is 5.41 Å². The van der Waals surface area contributed by atoms with Crippen LogP contribution in [0.15, 0.2) is 6.08 Å².